The van der Waals surface area contributed by atoms with E-state index >= 15 is 0 Å². The largest absolute Gasteiger partial charge is 0.323 e. The van der Waals surface area contributed by atoms with Crippen LogP contribution in [0.3, 0.4) is 0 Å². The molecule has 7 heteroatoms. The van der Waals surface area contributed by atoms with Gasteiger partial charge in [-0.05, 0) is 29.8 Å². The Morgan fingerprint density at radius 2 is 1.73 bits per heavy atom. The molecule has 0 aliphatic rings. The van der Waals surface area contributed by atoms with Crippen molar-refractivity contribution in [3.8, 4) is 0 Å². The van der Waals surface area contributed by atoms with Crippen LogP contribution in [0.2, 0.25) is 5.02 Å². The lowest BCUT2D eigenvalue weighted by molar-refractivity contribution is -0.113. The van der Waals surface area contributed by atoms with Crippen LogP contribution in [-0.4, -0.2) is 11.7 Å². The zero-order chi connectivity index (χ0) is 16.1. The second-order valence-corrected chi connectivity index (χ2v) is 5.81. The van der Waals surface area contributed by atoms with Crippen LogP contribution in [0.15, 0.2) is 36.4 Å². The summed E-state index contributed by atoms with van der Waals surface area (Å²) in [5.41, 5.74) is 0.609. The summed E-state index contributed by atoms with van der Waals surface area (Å²) in [7, 11) is 0. The number of carbonyl (C=O) groups excluding carboxylic acids is 1. The highest BCUT2D eigenvalue weighted by Gasteiger charge is 2.15. The first-order valence-corrected chi connectivity index (χ1v) is 7.76. The molecule has 116 valence electrons. The summed E-state index contributed by atoms with van der Waals surface area (Å²) < 4.78 is 39.2. The highest BCUT2D eigenvalue weighted by molar-refractivity contribution is 7.99. The van der Waals surface area contributed by atoms with Gasteiger partial charge in [0.2, 0.25) is 5.91 Å². The third-order valence-corrected chi connectivity index (χ3v) is 3.98. The lowest BCUT2D eigenvalue weighted by atomic mass is 10.2. The number of nitrogens with one attached hydrogen (secondary N) is 1. The van der Waals surface area contributed by atoms with Gasteiger partial charge in [-0.25, -0.2) is 13.2 Å². The van der Waals surface area contributed by atoms with Crippen molar-refractivity contribution in [2.75, 3.05) is 11.1 Å². The summed E-state index contributed by atoms with van der Waals surface area (Å²) in [6.45, 7) is 0. The molecule has 0 aromatic heterocycles. The average molecular weight is 346 g/mol. The van der Waals surface area contributed by atoms with Crippen LogP contribution >= 0.6 is 23.4 Å². The first-order chi connectivity index (χ1) is 10.5. The molecule has 1 N–H and O–H groups in total. The molecule has 0 unspecified atom stereocenters. The van der Waals surface area contributed by atoms with E-state index in [9.17, 15) is 18.0 Å². The number of benzene rings is 2. The van der Waals surface area contributed by atoms with Gasteiger partial charge >= 0.3 is 0 Å². The van der Waals surface area contributed by atoms with Gasteiger partial charge in [0.25, 0.3) is 0 Å². The number of rotatable bonds is 5. The summed E-state index contributed by atoms with van der Waals surface area (Å²) in [6, 6.07) is 8.90. The highest BCUT2D eigenvalue weighted by atomic mass is 35.5. The molecule has 22 heavy (non-hydrogen) atoms. The summed E-state index contributed by atoms with van der Waals surface area (Å²) >= 11 is 7.07. The van der Waals surface area contributed by atoms with Crippen molar-refractivity contribution in [1.82, 2.24) is 0 Å². The molecule has 0 saturated heterocycles. The summed E-state index contributed by atoms with van der Waals surface area (Å²) in [5.74, 6) is -4.18. The topological polar surface area (TPSA) is 29.1 Å². The van der Waals surface area contributed by atoms with Gasteiger partial charge in [0, 0.05) is 10.8 Å². The maximum Gasteiger partial charge on any atom is 0.234 e. The van der Waals surface area contributed by atoms with Crippen LogP contribution in [0.4, 0.5) is 18.9 Å². The Bertz CT molecular complexity index is 679. The smallest absolute Gasteiger partial charge is 0.234 e. The van der Waals surface area contributed by atoms with Crippen molar-refractivity contribution in [3.63, 3.8) is 0 Å². The fourth-order valence-electron chi connectivity index (χ4n) is 1.65. The molecule has 0 aliphatic carbocycles. The zero-order valence-corrected chi connectivity index (χ0v) is 12.8. The van der Waals surface area contributed by atoms with Gasteiger partial charge in [-0.2, -0.15) is 0 Å². The van der Waals surface area contributed by atoms with Crippen molar-refractivity contribution < 1.29 is 18.0 Å². The van der Waals surface area contributed by atoms with Crippen LogP contribution < -0.4 is 5.32 Å². The van der Waals surface area contributed by atoms with Gasteiger partial charge in [-0.15, -0.1) is 11.8 Å². The lowest BCUT2D eigenvalue weighted by Gasteiger charge is -2.07. The van der Waals surface area contributed by atoms with E-state index in [2.05, 4.69) is 5.32 Å². The fourth-order valence-corrected chi connectivity index (χ4v) is 2.56. The highest BCUT2D eigenvalue weighted by Crippen LogP contribution is 2.20. The molecule has 0 saturated carbocycles. The van der Waals surface area contributed by atoms with Crippen molar-refractivity contribution in [2.24, 2.45) is 0 Å². The molecular weight excluding hydrogens is 335 g/mol. The molecule has 0 radical (unpaired) electrons. The molecule has 0 bridgehead atoms. The number of halogens is 4. The molecule has 2 nitrogen and oxygen atoms in total. The second kappa shape index (κ2) is 7.56. The number of hydrogen-bond acceptors (Lipinski definition) is 2. The zero-order valence-electron chi connectivity index (χ0n) is 11.2. The summed E-state index contributed by atoms with van der Waals surface area (Å²) in [5, 5.41) is 2.84. The van der Waals surface area contributed by atoms with E-state index in [1.165, 1.54) is 11.8 Å². The van der Waals surface area contributed by atoms with Gasteiger partial charge in [0.1, 0.15) is 0 Å². The quantitative estimate of drug-likeness (QED) is 0.800. The minimum atomic E-state index is -1.60. The number of hydrogen-bond donors (Lipinski definition) is 1. The van der Waals surface area contributed by atoms with Crippen LogP contribution in [0.1, 0.15) is 5.56 Å². The first kappa shape index (κ1) is 16.7. The first-order valence-electron chi connectivity index (χ1n) is 6.23. The fraction of sp³-hybridized carbons (Fsp3) is 0.133. The monoisotopic (exact) mass is 345 g/mol. The van der Waals surface area contributed by atoms with E-state index in [0.29, 0.717) is 10.8 Å². The maximum absolute atomic E-state index is 13.4. The second-order valence-electron chi connectivity index (χ2n) is 4.39. The van der Waals surface area contributed by atoms with E-state index in [0.717, 1.165) is 17.7 Å². The molecule has 2 aromatic rings. The molecule has 0 atom stereocenters. The van der Waals surface area contributed by atoms with Gasteiger partial charge in [-0.3, -0.25) is 4.79 Å². The van der Waals surface area contributed by atoms with Crippen molar-refractivity contribution in [1.29, 1.82) is 0 Å². The molecule has 0 heterocycles. The molecule has 0 aliphatic heterocycles. The van der Waals surface area contributed by atoms with Crippen molar-refractivity contribution in [3.05, 3.63) is 64.4 Å². The molecule has 2 rings (SSSR count). The van der Waals surface area contributed by atoms with E-state index in [-0.39, 0.29) is 11.4 Å². The van der Waals surface area contributed by atoms with Gasteiger partial charge in [0.05, 0.1) is 11.4 Å². The molecule has 0 fully saturated rings. The minimum absolute atomic E-state index is 0.0566. The van der Waals surface area contributed by atoms with Crippen LogP contribution in [0, 0.1) is 17.5 Å². The normalized spacial score (nSPS) is 10.5. The number of carbonyl (C=O) groups is 1. The minimum Gasteiger partial charge on any atom is -0.323 e. The van der Waals surface area contributed by atoms with E-state index in [1.54, 1.807) is 12.1 Å². The number of amides is 1. The van der Waals surface area contributed by atoms with E-state index < -0.39 is 23.4 Å². The average Bonchev–Trinajstić information content (AvgIpc) is 2.50. The van der Waals surface area contributed by atoms with E-state index in [1.807, 2.05) is 12.1 Å². The summed E-state index contributed by atoms with van der Waals surface area (Å²) in [6.07, 6.45) is 0. The molecular formula is C15H11ClF3NOS. The number of anilines is 1. The Balaban J connectivity index is 1.86. The third-order valence-electron chi connectivity index (χ3n) is 2.72. The standard InChI is InChI=1S/C15H11ClF3NOS/c16-10-3-1-9(2-4-10)7-22-8-13(21)20-12-6-5-11(17)14(18)15(12)19/h1-6H,7-8H2,(H,20,21). The molecule has 1 amide bonds. The van der Waals surface area contributed by atoms with Gasteiger partial charge < -0.3 is 5.32 Å². The molecule has 0 spiro atoms. The number of thioether (sulfide) groups is 1. The SMILES string of the molecule is O=C(CSCc1ccc(Cl)cc1)Nc1ccc(F)c(F)c1F. The van der Waals surface area contributed by atoms with Crippen LogP contribution in [0.25, 0.3) is 0 Å². The third kappa shape index (κ3) is 4.42. The predicted octanol–water partition coefficient (Wildman–Crippen LogP) is 4.63. The van der Waals surface area contributed by atoms with Crippen molar-refractivity contribution >= 4 is 35.0 Å². The van der Waals surface area contributed by atoms with E-state index in [4.69, 9.17) is 11.6 Å². The maximum atomic E-state index is 13.4. The van der Waals surface area contributed by atoms with Crippen molar-refractivity contribution in [2.45, 2.75) is 5.75 Å². The lowest BCUT2D eigenvalue weighted by Crippen LogP contribution is -2.16. The Morgan fingerprint density at radius 1 is 1.05 bits per heavy atom. The van der Waals surface area contributed by atoms with Crippen LogP contribution in [0.5, 0.6) is 0 Å². The Labute approximate surface area is 134 Å². The predicted molar refractivity (Wildman–Crippen MR) is 82.6 cm³/mol. The Morgan fingerprint density at radius 3 is 2.41 bits per heavy atom. The Hall–Kier alpha value is -1.66. The van der Waals surface area contributed by atoms with Gasteiger partial charge in [0.15, 0.2) is 17.5 Å². The van der Waals surface area contributed by atoms with Gasteiger partial charge in [-0.1, -0.05) is 23.7 Å². The molecule has 2 aromatic carbocycles. The Kier molecular flexibility index (Phi) is 5.74. The van der Waals surface area contributed by atoms with Crippen LogP contribution in [-0.2, 0) is 10.5 Å². The summed E-state index contributed by atoms with van der Waals surface area (Å²) in [4.78, 5) is 11.7.